The molecule has 0 fully saturated rings. The highest BCUT2D eigenvalue weighted by atomic mass is 31.1. The minimum absolute atomic E-state index is 0.263. The van der Waals surface area contributed by atoms with Crippen LogP contribution in [0.4, 0.5) is 0 Å². The largest absolute Gasteiger partial charge is 0.314 e. The maximum atomic E-state index is 11.9. The maximum Gasteiger partial charge on any atom is 0.308 e. The minimum atomic E-state index is -2.66. The van der Waals surface area contributed by atoms with Crippen molar-refractivity contribution in [3.63, 3.8) is 0 Å². The van der Waals surface area contributed by atoms with Crippen molar-refractivity contribution in [1.29, 1.82) is 0 Å². The van der Waals surface area contributed by atoms with Crippen LogP contribution in [0.5, 0.6) is 0 Å². The molecule has 0 saturated carbocycles. The average molecular weight is 239 g/mol. The Bertz CT molecular complexity index is 596. The molecule has 0 saturated heterocycles. The molecule has 1 aromatic heterocycles. The second-order valence-electron chi connectivity index (χ2n) is 3.02. The van der Waals surface area contributed by atoms with E-state index in [4.69, 9.17) is 4.52 Å². The van der Waals surface area contributed by atoms with Gasteiger partial charge in [-0.1, -0.05) is 17.3 Å². The quantitative estimate of drug-likeness (QED) is 0.749. The summed E-state index contributed by atoms with van der Waals surface area (Å²) >= 11 is 0. The van der Waals surface area contributed by atoms with Gasteiger partial charge in [-0.15, -0.1) is 9.55 Å². The van der Waals surface area contributed by atoms with Gasteiger partial charge in [0, 0.05) is 0 Å². The van der Waals surface area contributed by atoms with E-state index in [2.05, 4.69) is 10.3 Å². The van der Waals surface area contributed by atoms with Crippen molar-refractivity contribution in [1.82, 2.24) is 14.8 Å². The third-order valence-corrected chi connectivity index (χ3v) is 3.18. The molecule has 2 aromatic rings. The highest BCUT2D eigenvalue weighted by Crippen LogP contribution is 2.20. The molecule has 0 aliphatic heterocycles. The third kappa shape index (κ3) is 1.89. The SMILES string of the molecule is CCO[PH](=O)n1nnc2ccccc2c1=O. The van der Waals surface area contributed by atoms with E-state index in [-0.39, 0.29) is 6.61 Å². The van der Waals surface area contributed by atoms with E-state index in [0.29, 0.717) is 10.9 Å². The molecule has 16 heavy (non-hydrogen) atoms. The lowest BCUT2D eigenvalue weighted by atomic mass is 10.2. The van der Waals surface area contributed by atoms with E-state index >= 15 is 0 Å². The summed E-state index contributed by atoms with van der Waals surface area (Å²) in [5, 5.41) is 7.78. The van der Waals surface area contributed by atoms with Gasteiger partial charge in [0.2, 0.25) is 0 Å². The Morgan fingerprint density at radius 3 is 2.94 bits per heavy atom. The van der Waals surface area contributed by atoms with Gasteiger partial charge in [-0.05, 0) is 19.1 Å². The van der Waals surface area contributed by atoms with Gasteiger partial charge < -0.3 is 4.52 Å². The number of benzene rings is 1. The van der Waals surface area contributed by atoms with E-state index in [1.54, 1.807) is 31.2 Å². The molecule has 0 aliphatic rings. The monoisotopic (exact) mass is 239 g/mol. The zero-order chi connectivity index (χ0) is 11.5. The van der Waals surface area contributed by atoms with Crippen LogP contribution >= 0.6 is 8.18 Å². The number of hydrogen-bond donors (Lipinski definition) is 0. The molecule has 7 heteroatoms. The highest BCUT2D eigenvalue weighted by Gasteiger charge is 2.09. The molecule has 0 radical (unpaired) electrons. The van der Waals surface area contributed by atoms with Crippen molar-refractivity contribution in [3.05, 3.63) is 34.6 Å². The molecule has 0 aliphatic carbocycles. The van der Waals surface area contributed by atoms with Crippen LogP contribution in [0.2, 0.25) is 0 Å². The summed E-state index contributed by atoms with van der Waals surface area (Å²) in [6, 6.07) is 6.76. The Hall–Kier alpha value is -1.52. The molecule has 0 amide bonds. The van der Waals surface area contributed by atoms with E-state index in [9.17, 15) is 9.36 Å². The van der Waals surface area contributed by atoms with E-state index in [1.807, 2.05) is 0 Å². The summed E-state index contributed by atoms with van der Waals surface area (Å²) < 4.78 is 17.2. The Balaban J connectivity index is 2.61. The van der Waals surface area contributed by atoms with Crippen LogP contribution in [0.1, 0.15) is 6.92 Å². The fourth-order valence-corrected chi connectivity index (χ4v) is 2.07. The molecule has 1 aromatic carbocycles. The molecular weight excluding hydrogens is 229 g/mol. The van der Waals surface area contributed by atoms with Gasteiger partial charge in [0.15, 0.2) is 0 Å². The first-order valence-corrected chi connectivity index (χ1v) is 6.02. The number of aromatic nitrogens is 3. The van der Waals surface area contributed by atoms with E-state index in [1.165, 1.54) is 0 Å². The fraction of sp³-hybridized carbons (Fsp3) is 0.222. The predicted molar refractivity (Wildman–Crippen MR) is 59.8 cm³/mol. The van der Waals surface area contributed by atoms with Crippen molar-refractivity contribution >= 4 is 19.1 Å². The lowest BCUT2D eigenvalue weighted by Gasteiger charge is -2.03. The van der Waals surface area contributed by atoms with Crippen LogP contribution in [0.3, 0.4) is 0 Å². The number of rotatable bonds is 3. The maximum absolute atomic E-state index is 11.9. The fourth-order valence-electron chi connectivity index (χ4n) is 1.29. The Morgan fingerprint density at radius 2 is 2.19 bits per heavy atom. The topological polar surface area (TPSA) is 74.1 Å². The molecule has 6 nitrogen and oxygen atoms in total. The van der Waals surface area contributed by atoms with E-state index in [0.717, 1.165) is 4.45 Å². The second kappa shape index (κ2) is 4.55. The van der Waals surface area contributed by atoms with Gasteiger partial charge in [-0.25, -0.2) is 0 Å². The lowest BCUT2D eigenvalue weighted by molar-refractivity contribution is 0.339. The number of fused-ring (bicyclic) bond motifs is 1. The van der Waals surface area contributed by atoms with Gasteiger partial charge in [0.1, 0.15) is 5.52 Å². The van der Waals surface area contributed by atoms with Crippen LogP contribution in [0.15, 0.2) is 29.1 Å². The van der Waals surface area contributed by atoms with Crippen molar-refractivity contribution in [2.75, 3.05) is 6.61 Å². The second-order valence-corrected chi connectivity index (χ2v) is 4.27. The third-order valence-electron chi connectivity index (χ3n) is 2.01. The molecule has 84 valence electrons. The normalized spacial score (nSPS) is 12.8. The van der Waals surface area contributed by atoms with Gasteiger partial charge in [-0.2, -0.15) is 0 Å². The van der Waals surface area contributed by atoms with E-state index < -0.39 is 13.7 Å². The number of hydrogen-bond acceptors (Lipinski definition) is 5. The summed E-state index contributed by atoms with van der Waals surface area (Å²) in [4.78, 5) is 11.9. The van der Waals surface area contributed by atoms with Gasteiger partial charge in [-0.3, -0.25) is 9.36 Å². The standard InChI is InChI=1S/C9H10N3O3P/c1-2-15-16(14)12-9(13)7-5-3-4-6-8(7)10-11-12/h3-6,16H,2H2,1H3. The summed E-state index contributed by atoms with van der Waals surface area (Å²) in [6.45, 7) is 1.96. The van der Waals surface area contributed by atoms with Gasteiger partial charge in [0.05, 0.1) is 12.0 Å². The lowest BCUT2D eigenvalue weighted by Crippen LogP contribution is -2.19. The van der Waals surface area contributed by atoms with Crippen molar-refractivity contribution in [2.24, 2.45) is 0 Å². The van der Waals surface area contributed by atoms with Crippen LogP contribution < -0.4 is 5.56 Å². The smallest absolute Gasteiger partial charge is 0.308 e. The number of nitrogens with zero attached hydrogens (tertiary/aromatic N) is 3. The Kier molecular flexibility index (Phi) is 3.12. The van der Waals surface area contributed by atoms with Crippen LogP contribution in [-0.4, -0.2) is 21.4 Å². The highest BCUT2D eigenvalue weighted by molar-refractivity contribution is 7.37. The Labute approximate surface area is 91.8 Å². The first kappa shape index (κ1) is 11.0. The Morgan fingerprint density at radius 1 is 1.44 bits per heavy atom. The van der Waals surface area contributed by atoms with Crippen LogP contribution in [0.25, 0.3) is 10.9 Å². The molecule has 0 spiro atoms. The summed E-state index contributed by atoms with van der Waals surface area (Å²) in [5.74, 6) is 0. The predicted octanol–water partition coefficient (Wildman–Crippen LogP) is 1.07. The summed E-state index contributed by atoms with van der Waals surface area (Å²) in [5.41, 5.74) is 0.0398. The molecule has 2 rings (SSSR count). The summed E-state index contributed by atoms with van der Waals surface area (Å²) in [7, 11) is -2.66. The summed E-state index contributed by atoms with van der Waals surface area (Å²) in [6.07, 6.45) is 0. The van der Waals surface area contributed by atoms with Gasteiger partial charge in [0.25, 0.3) is 5.56 Å². The minimum Gasteiger partial charge on any atom is -0.314 e. The molecular formula is C9H10N3O3P. The average Bonchev–Trinajstić information content (AvgIpc) is 2.30. The zero-order valence-electron chi connectivity index (χ0n) is 8.58. The molecule has 1 heterocycles. The van der Waals surface area contributed by atoms with Crippen molar-refractivity contribution in [3.8, 4) is 0 Å². The molecule has 0 N–H and O–H groups in total. The molecule has 1 atom stereocenters. The zero-order valence-corrected chi connectivity index (χ0v) is 9.58. The molecule has 0 bridgehead atoms. The van der Waals surface area contributed by atoms with Crippen molar-refractivity contribution < 1.29 is 9.09 Å². The van der Waals surface area contributed by atoms with Crippen LogP contribution in [-0.2, 0) is 9.09 Å². The van der Waals surface area contributed by atoms with Crippen LogP contribution in [0, 0.1) is 0 Å². The first-order chi connectivity index (χ1) is 7.74. The molecule has 1 unspecified atom stereocenters. The van der Waals surface area contributed by atoms with Gasteiger partial charge >= 0.3 is 8.18 Å². The van der Waals surface area contributed by atoms with Crippen molar-refractivity contribution in [2.45, 2.75) is 6.92 Å². The first-order valence-electron chi connectivity index (χ1n) is 4.76.